The lowest BCUT2D eigenvalue weighted by Crippen LogP contribution is -1.97. The maximum Gasteiger partial charge on any atom is 0.219 e. The Bertz CT molecular complexity index is 461. The molecule has 0 radical (unpaired) electrons. The van der Waals surface area contributed by atoms with Crippen molar-refractivity contribution in [2.24, 2.45) is 0 Å². The maximum absolute atomic E-state index is 4.24. The van der Waals surface area contributed by atoms with Gasteiger partial charge in [-0.1, -0.05) is 0 Å². The highest BCUT2D eigenvalue weighted by atomic mass is 79.9. The SMILES string of the molecule is Br.c1nc2nc3sccn3nc-2n1. The summed E-state index contributed by atoms with van der Waals surface area (Å²) in [6.07, 6.45) is 3.32. The average molecular weight is 258 g/mol. The molecule has 13 heavy (non-hydrogen) atoms. The highest BCUT2D eigenvalue weighted by molar-refractivity contribution is 8.93. The normalized spacial score (nSPS) is 10.5. The van der Waals surface area contributed by atoms with Crippen LogP contribution < -0.4 is 0 Å². The predicted molar refractivity (Wildman–Crippen MR) is 53.4 cm³/mol. The zero-order valence-electron chi connectivity index (χ0n) is 6.28. The Labute approximate surface area is 87.6 Å². The zero-order chi connectivity index (χ0) is 7.97. The quantitative estimate of drug-likeness (QED) is 0.609. The molecule has 0 spiro atoms. The Morgan fingerprint density at radius 1 is 1.23 bits per heavy atom. The van der Waals surface area contributed by atoms with Crippen LogP contribution in [0, 0.1) is 0 Å². The Hall–Kier alpha value is -1.08. The number of aromatic nitrogens is 5. The van der Waals surface area contributed by atoms with Crippen LogP contribution in [0.3, 0.4) is 0 Å². The van der Waals surface area contributed by atoms with Crippen LogP contribution in [0.25, 0.3) is 16.6 Å². The Morgan fingerprint density at radius 2 is 2.08 bits per heavy atom. The van der Waals surface area contributed by atoms with Crippen molar-refractivity contribution in [3.63, 3.8) is 0 Å². The predicted octanol–water partition coefficient (Wildman–Crippen LogP) is 1.26. The standard InChI is InChI=1S/C6H3N5S.BrH/c1-2-12-6-9-4-5(8-3-7-4)10-11(1)6;/h1-3H;1H. The van der Waals surface area contributed by atoms with E-state index in [4.69, 9.17) is 0 Å². The van der Waals surface area contributed by atoms with Crippen molar-refractivity contribution in [2.75, 3.05) is 0 Å². The van der Waals surface area contributed by atoms with Gasteiger partial charge in [0.2, 0.25) is 16.6 Å². The van der Waals surface area contributed by atoms with Crippen LogP contribution in [-0.4, -0.2) is 24.6 Å². The fraction of sp³-hybridized carbons (Fsp3) is 0. The van der Waals surface area contributed by atoms with E-state index in [-0.39, 0.29) is 17.0 Å². The van der Waals surface area contributed by atoms with E-state index in [1.807, 2.05) is 11.6 Å². The number of imidazole rings is 1. The molecule has 2 aliphatic rings. The number of hydrogen-bond acceptors (Lipinski definition) is 5. The van der Waals surface area contributed by atoms with Crippen molar-refractivity contribution in [3.05, 3.63) is 17.9 Å². The monoisotopic (exact) mass is 257 g/mol. The molecule has 0 unspecified atom stereocenters. The van der Waals surface area contributed by atoms with Gasteiger partial charge < -0.3 is 0 Å². The third-order valence-electron chi connectivity index (χ3n) is 1.54. The van der Waals surface area contributed by atoms with Gasteiger partial charge in [-0.2, -0.15) is 4.98 Å². The van der Waals surface area contributed by atoms with Crippen LogP contribution in [-0.2, 0) is 0 Å². The van der Waals surface area contributed by atoms with Gasteiger partial charge in [0.25, 0.3) is 0 Å². The molecular weight excluding hydrogens is 254 g/mol. The summed E-state index contributed by atoms with van der Waals surface area (Å²) in [5, 5.41) is 6.11. The molecule has 5 nitrogen and oxygen atoms in total. The molecule has 1 aromatic rings. The van der Waals surface area contributed by atoms with Gasteiger partial charge in [0.1, 0.15) is 6.33 Å². The summed E-state index contributed by atoms with van der Waals surface area (Å²) >= 11 is 1.53. The number of nitrogens with zero attached hydrogens (tertiary/aromatic N) is 5. The van der Waals surface area contributed by atoms with Gasteiger partial charge in [0, 0.05) is 11.6 Å². The second-order valence-corrected chi connectivity index (χ2v) is 3.14. The van der Waals surface area contributed by atoms with Gasteiger partial charge in [-0.15, -0.1) is 33.4 Å². The number of halogens is 1. The molecule has 66 valence electrons. The molecule has 0 amide bonds. The minimum atomic E-state index is 0. The second kappa shape index (κ2) is 3.00. The van der Waals surface area contributed by atoms with E-state index in [9.17, 15) is 0 Å². The van der Waals surface area contributed by atoms with Gasteiger partial charge in [-0.3, -0.25) is 0 Å². The lowest BCUT2D eigenvalue weighted by molar-refractivity contribution is 0.901. The number of rotatable bonds is 0. The van der Waals surface area contributed by atoms with Crippen LogP contribution >= 0.6 is 28.3 Å². The number of fused-ring (bicyclic) bond motifs is 2. The van der Waals surface area contributed by atoms with Crippen LogP contribution in [0.5, 0.6) is 0 Å². The van der Waals surface area contributed by atoms with Gasteiger partial charge in [0.15, 0.2) is 0 Å². The largest absolute Gasteiger partial charge is 0.219 e. The Balaban J connectivity index is 0.000000653. The van der Waals surface area contributed by atoms with Crippen LogP contribution in [0.4, 0.5) is 0 Å². The smallest absolute Gasteiger partial charge is 0.213 e. The van der Waals surface area contributed by atoms with E-state index in [1.54, 1.807) is 4.52 Å². The second-order valence-electron chi connectivity index (χ2n) is 2.26. The summed E-state index contributed by atoms with van der Waals surface area (Å²) in [6.45, 7) is 0. The molecule has 0 aliphatic carbocycles. The van der Waals surface area contributed by atoms with Crippen molar-refractivity contribution in [3.8, 4) is 11.6 Å². The van der Waals surface area contributed by atoms with Gasteiger partial charge in [-0.05, 0) is 0 Å². The molecule has 7 heteroatoms. The molecule has 0 saturated carbocycles. The fourth-order valence-electron chi connectivity index (χ4n) is 1.02. The van der Waals surface area contributed by atoms with Crippen LogP contribution in [0.2, 0.25) is 0 Å². The third-order valence-corrected chi connectivity index (χ3v) is 2.28. The number of thiazole rings is 1. The molecule has 0 bridgehead atoms. The first-order valence-corrected chi connectivity index (χ1v) is 4.22. The molecule has 3 rings (SSSR count). The molecule has 2 aliphatic heterocycles. The van der Waals surface area contributed by atoms with Crippen LogP contribution in [0.15, 0.2) is 17.9 Å². The van der Waals surface area contributed by atoms with Gasteiger partial charge >= 0.3 is 0 Å². The van der Waals surface area contributed by atoms with E-state index in [1.165, 1.54) is 17.7 Å². The van der Waals surface area contributed by atoms with Crippen molar-refractivity contribution in [1.82, 2.24) is 24.6 Å². The number of hydrogen-bond donors (Lipinski definition) is 0. The summed E-state index contributed by atoms with van der Waals surface area (Å²) in [7, 11) is 0. The lowest BCUT2D eigenvalue weighted by atomic mass is 10.6. The molecule has 3 heterocycles. The van der Waals surface area contributed by atoms with Crippen molar-refractivity contribution in [2.45, 2.75) is 0 Å². The average Bonchev–Trinajstić information content (AvgIpc) is 2.64. The first-order chi connectivity index (χ1) is 5.93. The van der Waals surface area contributed by atoms with E-state index in [2.05, 4.69) is 20.1 Å². The first kappa shape index (κ1) is 8.52. The van der Waals surface area contributed by atoms with E-state index in [0.29, 0.717) is 11.6 Å². The van der Waals surface area contributed by atoms with Gasteiger partial charge in [0.05, 0.1) is 0 Å². The maximum atomic E-state index is 4.24. The minimum absolute atomic E-state index is 0. The van der Waals surface area contributed by atoms with Gasteiger partial charge in [-0.25, -0.2) is 14.5 Å². The van der Waals surface area contributed by atoms with E-state index in [0.717, 1.165) is 4.96 Å². The summed E-state index contributed by atoms with van der Waals surface area (Å²) < 4.78 is 1.70. The molecular formula is C6H4BrN5S. The molecule has 0 saturated heterocycles. The molecule has 1 aromatic heterocycles. The van der Waals surface area contributed by atoms with E-state index >= 15 is 0 Å². The van der Waals surface area contributed by atoms with Crippen molar-refractivity contribution in [1.29, 1.82) is 0 Å². The van der Waals surface area contributed by atoms with Crippen LogP contribution in [0.1, 0.15) is 0 Å². The summed E-state index contributed by atoms with van der Waals surface area (Å²) in [5.74, 6) is 1.20. The van der Waals surface area contributed by atoms with Crippen molar-refractivity contribution < 1.29 is 0 Å². The minimum Gasteiger partial charge on any atom is -0.213 e. The molecule has 0 aromatic carbocycles. The Kier molecular flexibility index (Phi) is 1.97. The highest BCUT2D eigenvalue weighted by Gasteiger charge is 2.10. The zero-order valence-corrected chi connectivity index (χ0v) is 8.81. The Morgan fingerprint density at radius 3 is 3.00 bits per heavy atom. The molecule has 0 fully saturated rings. The summed E-state index contributed by atoms with van der Waals surface area (Å²) in [5.41, 5.74) is 0. The first-order valence-electron chi connectivity index (χ1n) is 3.34. The summed E-state index contributed by atoms with van der Waals surface area (Å²) in [6, 6.07) is 0. The lowest BCUT2D eigenvalue weighted by Gasteiger charge is -1.93. The van der Waals surface area contributed by atoms with E-state index < -0.39 is 0 Å². The topological polar surface area (TPSA) is 56.0 Å². The third kappa shape index (κ3) is 1.20. The molecule has 0 N–H and O–H groups in total. The fourth-order valence-corrected chi connectivity index (χ4v) is 1.66. The van der Waals surface area contributed by atoms with Crippen molar-refractivity contribution >= 4 is 33.3 Å². The molecule has 0 atom stereocenters. The highest BCUT2D eigenvalue weighted by Crippen LogP contribution is 2.14. The summed E-state index contributed by atoms with van der Waals surface area (Å²) in [4.78, 5) is 13.0.